The van der Waals surface area contributed by atoms with Crippen molar-refractivity contribution in [2.75, 3.05) is 48.0 Å². The lowest BCUT2D eigenvalue weighted by Crippen LogP contribution is -2.53. The number of benzene rings is 2. The molecular formula is C31H33N5O5. The largest absolute Gasteiger partial charge is 0.378 e. The molecule has 0 spiro atoms. The Kier molecular flexibility index (Phi) is 8.39. The molecule has 0 aliphatic carbocycles. The van der Waals surface area contributed by atoms with Crippen LogP contribution in [0.3, 0.4) is 0 Å². The van der Waals surface area contributed by atoms with Crippen molar-refractivity contribution in [3.63, 3.8) is 0 Å². The van der Waals surface area contributed by atoms with Crippen molar-refractivity contribution in [2.45, 2.75) is 26.4 Å². The number of hydrogen-bond donors (Lipinski definition) is 1. The molecule has 0 bridgehead atoms. The summed E-state index contributed by atoms with van der Waals surface area (Å²) in [4.78, 5) is 62.0. The molecule has 5 rings (SSSR count). The lowest BCUT2D eigenvalue weighted by molar-refractivity contribution is -0.140. The Morgan fingerprint density at radius 2 is 1.73 bits per heavy atom. The molecule has 2 aromatic carbocycles. The molecule has 2 aliphatic heterocycles. The van der Waals surface area contributed by atoms with Gasteiger partial charge in [-0.1, -0.05) is 32.0 Å². The van der Waals surface area contributed by atoms with Crippen LogP contribution in [0, 0.1) is 5.92 Å². The van der Waals surface area contributed by atoms with E-state index in [-0.39, 0.29) is 30.5 Å². The van der Waals surface area contributed by atoms with Gasteiger partial charge in [-0.3, -0.25) is 29.1 Å². The third-order valence-electron chi connectivity index (χ3n) is 7.32. The minimum atomic E-state index is -0.856. The van der Waals surface area contributed by atoms with Crippen molar-refractivity contribution in [1.29, 1.82) is 0 Å². The van der Waals surface area contributed by atoms with Crippen molar-refractivity contribution in [3.8, 4) is 0 Å². The van der Waals surface area contributed by atoms with Crippen LogP contribution in [0.2, 0.25) is 0 Å². The minimum absolute atomic E-state index is 0.108. The molecular weight excluding hydrogens is 522 g/mol. The standard InChI is InChI=1S/C31H33N5O5/c1-21(2)28(30(39)33-23-9-11-24(12-10-23)34-14-16-41-17-15-34)36(19-22-6-5-13-32-18-22)27(37)20-35-26-8-4-3-7-25(26)29(38)31(35)40/h3-13,18,21,28H,14-17,19-20H2,1-2H3,(H,33,39). The number of pyridine rings is 1. The van der Waals surface area contributed by atoms with Crippen molar-refractivity contribution in [3.05, 3.63) is 84.2 Å². The quantitative estimate of drug-likeness (QED) is 0.404. The van der Waals surface area contributed by atoms with Gasteiger partial charge >= 0.3 is 0 Å². The zero-order chi connectivity index (χ0) is 28.9. The summed E-state index contributed by atoms with van der Waals surface area (Å²) in [6.45, 7) is 6.45. The molecule has 1 fully saturated rings. The smallest absolute Gasteiger partial charge is 0.299 e. The fraction of sp³-hybridized carbons (Fsp3) is 0.323. The van der Waals surface area contributed by atoms with Gasteiger partial charge < -0.3 is 19.9 Å². The number of Topliss-reactive ketones (excluding diaryl/α,β-unsaturated/α-hetero) is 1. The van der Waals surface area contributed by atoms with E-state index in [0.717, 1.165) is 24.3 Å². The highest BCUT2D eigenvalue weighted by atomic mass is 16.5. The monoisotopic (exact) mass is 555 g/mol. The van der Waals surface area contributed by atoms with Gasteiger partial charge in [-0.25, -0.2) is 0 Å². The Labute approximate surface area is 238 Å². The molecule has 3 aromatic rings. The van der Waals surface area contributed by atoms with Gasteiger partial charge in [-0.05, 0) is 53.9 Å². The Morgan fingerprint density at radius 3 is 2.41 bits per heavy atom. The zero-order valence-corrected chi connectivity index (χ0v) is 23.2. The molecule has 1 saturated heterocycles. The van der Waals surface area contributed by atoms with Gasteiger partial charge in [0.25, 0.3) is 11.7 Å². The van der Waals surface area contributed by atoms with Gasteiger partial charge in [-0.2, -0.15) is 0 Å². The molecule has 10 heteroatoms. The third-order valence-corrected chi connectivity index (χ3v) is 7.32. The molecule has 1 aromatic heterocycles. The second kappa shape index (κ2) is 12.3. The van der Waals surface area contributed by atoms with Gasteiger partial charge in [-0.15, -0.1) is 0 Å². The van der Waals surface area contributed by atoms with Crippen LogP contribution < -0.4 is 15.1 Å². The van der Waals surface area contributed by atoms with Crippen molar-refractivity contribution < 1.29 is 23.9 Å². The molecule has 1 atom stereocenters. The van der Waals surface area contributed by atoms with Crippen molar-refractivity contribution in [2.24, 2.45) is 5.92 Å². The van der Waals surface area contributed by atoms with Gasteiger partial charge in [0.05, 0.1) is 24.5 Å². The van der Waals surface area contributed by atoms with Crippen molar-refractivity contribution in [1.82, 2.24) is 9.88 Å². The fourth-order valence-corrected chi connectivity index (χ4v) is 5.26. The number of ether oxygens (including phenoxy) is 1. The number of nitrogens with one attached hydrogen (secondary N) is 1. The summed E-state index contributed by atoms with van der Waals surface area (Å²) in [5, 5.41) is 2.97. The zero-order valence-electron chi connectivity index (χ0n) is 23.2. The summed E-state index contributed by atoms with van der Waals surface area (Å²) in [7, 11) is 0. The molecule has 3 amide bonds. The first-order valence-corrected chi connectivity index (χ1v) is 13.7. The van der Waals surface area contributed by atoms with E-state index in [9.17, 15) is 19.2 Å². The number of para-hydroxylation sites is 1. The van der Waals surface area contributed by atoms with E-state index in [1.165, 1.54) is 9.80 Å². The Balaban J connectivity index is 1.38. The van der Waals surface area contributed by atoms with Gasteiger partial charge in [0.1, 0.15) is 12.6 Å². The average Bonchev–Trinajstić information content (AvgIpc) is 3.23. The lowest BCUT2D eigenvalue weighted by Gasteiger charge is -2.34. The first kappa shape index (κ1) is 28.0. The molecule has 10 nitrogen and oxygen atoms in total. The van der Waals surface area contributed by atoms with Crippen molar-refractivity contribution >= 4 is 40.6 Å². The van der Waals surface area contributed by atoms with Crippen LogP contribution in [0.25, 0.3) is 0 Å². The molecule has 0 saturated carbocycles. The first-order chi connectivity index (χ1) is 19.8. The molecule has 1 N–H and O–H groups in total. The average molecular weight is 556 g/mol. The predicted molar refractivity (Wildman–Crippen MR) is 155 cm³/mol. The lowest BCUT2D eigenvalue weighted by atomic mass is 10.00. The van der Waals surface area contributed by atoms with Gasteiger partial charge in [0.2, 0.25) is 11.8 Å². The summed E-state index contributed by atoms with van der Waals surface area (Å²) in [5.74, 6) is -2.46. The maximum Gasteiger partial charge on any atom is 0.299 e. The van der Waals surface area contributed by atoms with E-state index in [4.69, 9.17) is 4.74 Å². The summed E-state index contributed by atoms with van der Waals surface area (Å²) < 4.78 is 5.43. The molecule has 212 valence electrons. The number of fused-ring (bicyclic) bond motifs is 1. The number of nitrogens with zero attached hydrogens (tertiary/aromatic N) is 4. The maximum atomic E-state index is 13.9. The van der Waals surface area contributed by atoms with E-state index in [1.54, 1.807) is 42.7 Å². The van der Waals surface area contributed by atoms with Crippen LogP contribution >= 0.6 is 0 Å². The van der Waals surface area contributed by atoms with Crippen LogP contribution in [-0.2, 0) is 25.7 Å². The number of ketones is 1. The number of carbonyl (C=O) groups is 4. The number of carbonyl (C=O) groups excluding carboxylic acids is 4. The van der Waals surface area contributed by atoms with E-state index in [2.05, 4.69) is 15.2 Å². The number of amides is 3. The van der Waals surface area contributed by atoms with Gasteiger partial charge in [0, 0.05) is 43.4 Å². The third kappa shape index (κ3) is 6.12. The minimum Gasteiger partial charge on any atom is -0.378 e. The maximum absolute atomic E-state index is 13.9. The highest BCUT2D eigenvalue weighted by Gasteiger charge is 2.39. The molecule has 41 heavy (non-hydrogen) atoms. The highest BCUT2D eigenvalue weighted by molar-refractivity contribution is 6.52. The predicted octanol–water partition coefficient (Wildman–Crippen LogP) is 3.14. The van der Waals surface area contributed by atoms with Crippen LogP contribution in [0.4, 0.5) is 17.1 Å². The highest BCUT2D eigenvalue weighted by Crippen LogP contribution is 2.29. The summed E-state index contributed by atoms with van der Waals surface area (Å²) in [6.07, 6.45) is 3.27. The number of rotatable bonds is 9. The molecule has 2 aliphatic rings. The summed E-state index contributed by atoms with van der Waals surface area (Å²) >= 11 is 0. The van der Waals surface area contributed by atoms with E-state index in [0.29, 0.717) is 24.6 Å². The summed E-state index contributed by atoms with van der Waals surface area (Å²) in [5.41, 5.74) is 3.05. The fourth-order valence-electron chi connectivity index (χ4n) is 5.26. The number of aromatic nitrogens is 1. The Morgan fingerprint density at radius 1 is 1.00 bits per heavy atom. The number of hydrogen-bond acceptors (Lipinski definition) is 7. The van der Waals surface area contributed by atoms with Crippen LogP contribution in [-0.4, -0.2) is 72.3 Å². The second-order valence-electron chi connectivity index (χ2n) is 10.4. The Bertz CT molecular complexity index is 1420. The van der Waals surface area contributed by atoms with Crippen LogP contribution in [0.15, 0.2) is 73.1 Å². The van der Waals surface area contributed by atoms with Crippen LogP contribution in [0.1, 0.15) is 29.8 Å². The van der Waals surface area contributed by atoms with Gasteiger partial charge in [0.15, 0.2) is 0 Å². The topological polar surface area (TPSA) is 112 Å². The second-order valence-corrected chi connectivity index (χ2v) is 10.4. The van der Waals surface area contributed by atoms with Crippen LogP contribution in [0.5, 0.6) is 0 Å². The van der Waals surface area contributed by atoms with E-state index >= 15 is 0 Å². The van der Waals surface area contributed by atoms with E-state index < -0.39 is 23.6 Å². The SMILES string of the molecule is CC(C)C(C(=O)Nc1ccc(N2CCOCC2)cc1)N(Cc1cccnc1)C(=O)CN1C(=O)C(=O)c2ccccc21. The normalized spacial score (nSPS) is 15.6. The van der Waals surface area contributed by atoms with E-state index in [1.807, 2.05) is 44.2 Å². The number of anilines is 3. The first-order valence-electron chi connectivity index (χ1n) is 13.7. The molecule has 1 unspecified atom stereocenters. The molecule has 0 radical (unpaired) electrons. The number of morpholine rings is 1. The molecule has 3 heterocycles. The Hall–Kier alpha value is -4.57. The summed E-state index contributed by atoms with van der Waals surface area (Å²) in [6, 6.07) is 16.9.